The van der Waals surface area contributed by atoms with Crippen molar-refractivity contribution in [1.82, 2.24) is 9.97 Å². The number of aryl methyl sites for hydroxylation is 1. The third kappa shape index (κ3) is 0.756. The second kappa shape index (κ2) is 1.95. The molecule has 0 unspecified atom stereocenters. The molecule has 11 heavy (non-hydrogen) atoms. The Morgan fingerprint density at radius 1 is 1.45 bits per heavy atom. The number of nitrogen functional groups attached to an aromatic ring is 1. The average molecular weight is 149 g/mol. The lowest BCUT2D eigenvalue weighted by atomic mass is 10.3. The summed E-state index contributed by atoms with van der Waals surface area (Å²) in [5, 5.41) is 0. The van der Waals surface area contributed by atoms with E-state index in [2.05, 4.69) is 9.97 Å². The molecular weight excluding hydrogens is 142 g/mol. The molecule has 0 aliphatic heterocycles. The molecule has 4 heteroatoms. The first kappa shape index (κ1) is 6.15. The van der Waals surface area contributed by atoms with Crippen LogP contribution in [0.2, 0.25) is 0 Å². The molecule has 0 aliphatic carbocycles. The fourth-order valence-electron chi connectivity index (χ4n) is 0.988. The van der Waals surface area contributed by atoms with Crippen molar-refractivity contribution in [3.63, 3.8) is 0 Å². The van der Waals surface area contributed by atoms with Crippen LogP contribution in [-0.2, 0) is 0 Å². The van der Waals surface area contributed by atoms with Crippen LogP contribution in [0.3, 0.4) is 0 Å². The number of hydrogen-bond donors (Lipinski definition) is 1. The molecule has 2 aromatic heterocycles. The van der Waals surface area contributed by atoms with Gasteiger partial charge in [0.15, 0.2) is 11.4 Å². The maximum absolute atomic E-state index is 5.52. The molecule has 0 saturated carbocycles. The van der Waals surface area contributed by atoms with Crippen LogP contribution in [0.4, 0.5) is 5.82 Å². The van der Waals surface area contributed by atoms with Crippen molar-refractivity contribution >= 4 is 16.9 Å². The van der Waals surface area contributed by atoms with E-state index in [0.29, 0.717) is 11.4 Å². The smallest absolute Gasteiger partial charge is 0.194 e. The highest BCUT2D eigenvalue weighted by Crippen LogP contribution is 2.20. The van der Waals surface area contributed by atoms with Crippen LogP contribution < -0.4 is 5.73 Å². The number of rotatable bonds is 0. The molecule has 0 spiro atoms. The molecule has 2 heterocycles. The number of nitrogens with zero attached hydrogens (tertiary/aromatic N) is 2. The molecule has 2 N–H and O–H groups in total. The molecule has 56 valence electrons. The third-order valence-corrected chi connectivity index (χ3v) is 1.56. The minimum atomic E-state index is 0.392. The van der Waals surface area contributed by atoms with Gasteiger partial charge in [-0.3, -0.25) is 0 Å². The highest BCUT2D eigenvalue weighted by molar-refractivity contribution is 5.84. The summed E-state index contributed by atoms with van der Waals surface area (Å²) in [5.74, 6) is 0.392. The van der Waals surface area contributed by atoms with E-state index in [4.69, 9.17) is 10.2 Å². The van der Waals surface area contributed by atoms with Gasteiger partial charge < -0.3 is 10.2 Å². The zero-order valence-electron chi connectivity index (χ0n) is 6.03. The van der Waals surface area contributed by atoms with Gasteiger partial charge in [-0.15, -0.1) is 0 Å². The maximum Gasteiger partial charge on any atom is 0.194 e. The Bertz CT molecular complexity index is 393. The Hall–Kier alpha value is -1.58. The van der Waals surface area contributed by atoms with Gasteiger partial charge in [-0.1, -0.05) is 0 Å². The Kier molecular flexibility index (Phi) is 1.09. The Labute approximate surface area is 63.1 Å². The van der Waals surface area contributed by atoms with E-state index >= 15 is 0 Å². The lowest BCUT2D eigenvalue weighted by Gasteiger charge is -1.90. The number of aromatic nitrogens is 2. The summed E-state index contributed by atoms with van der Waals surface area (Å²) in [7, 11) is 0. The molecule has 2 aromatic rings. The Balaban J connectivity index is 2.94. The van der Waals surface area contributed by atoms with Crippen LogP contribution in [-0.4, -0.2) is 9.97 Å². The molecule has 0 atom stereocenters. The van der Waals surface area contributed by atoms with E-state index in [0.717, 1.165) is 11.1 Å². The highest BCUT2D eigenvalue weighted by atomic mass is 16.3. The predicted octanol–water partition coefficient (Wildman–Crippen LogP) is 1.11. The number of nitrogens with two attached hydrogens (primary N) is 1. The highest BCUT2D eigenvalue weighted by Gasteiger charge is 2.05. The molecule has 0 aromatic carbocycles. The molecule has 0 saturated heterocycles. The molecule has 0 bridgehead atoms. The van der Waals surface area contributed by atoms with Crippen LogP contribution in [0, 0.1) is 6.92 Å². The maximum atomic E-state index is 5.52. The first-order valence-corrected chi connectivity index (χ1v) is 3.23. The second-order valence-corrected chi connectivity index (χ2v) is 2.36. The van der Waals surface area contributed by atoms with Crippen LogP contribution >= 0.6 is 0 Å². The number of furan rings is 1. The van der Waals surface area contributed by atoms with E-state index in [9.17, 15) is 0 Å². The molecule has 0 amide bonds. The van der Waals surface area contributed by atoms with Gasteiger partial charge in [-0.25, -0.2) is 9.97 Å². The van der Waals surface area contributed by atoms with E-state index in [1.807, 2.05) is 6.92 Å². The van der Waals surface area contributed by atoms with Crippen molar-refractivity contribution in [3.05, 3.63) is 18.2 Å². The van der Waals surface area contributed by atoms with Gasteiger partial charge >= 0.3 is 0 Å². The molecule has 2 rings (SSSR count). The predicted molar refractivity (Wildman–Crippen MR) is 41.0 cm³/mol. The topological polar surface area (TPSA) is 64.9 Å². The lowest BCUT2D eigenvalue weighted by molar-refractivity contribution is 0.612. The van der Waals surface area contributed by atoms with Crippen molar-refractivity contribution in [1.29, 1.82) is 0 Å². The zero-order valence-corrected chi connectivity index (χ0v) is 6.03. The molecule has 0 radical (unpaired) electrons. The number of fused-ring (bicyclic) bond motifs is 1. The average Bonchev–Trinajstić information content (AvgIpc) is 2.35. The van der Waals surface area contributed by atoms with Crippen molar-refractivity contribution < 1.29 is 4.42 Å². The molecular formula is C7H7N3O. The van der Waals surface area contributed by atoms with Gasteiger partial charge in [-0.2, -0.15) is 0 Å². The SMILES string of the molecule is Cc1coc2c(N)ncnc12. The first-order chi connectivity index (χ1) is 5.29. The second-order valence-electron chi connectivity index (χ2n) is 2.36. The minimum absolute atomic E-state index is 0.392. The van der Waals surface area contributed by atoms with Crippen molar-refractivity contribution in [3.8, 4) is 0 Å². The standard InChI is InChI=1S/C7H7N3O/c1-4-2-11-6-5(4)9-3-10-7(6)8/h2-3H,1H3,(H2,8,9,10). The van der Waals surface area contributed by atoms with E-state index in [1.165, 1.54) is 6.33 Å². The van der Waals surface area contributed by atoms with Crippen LogP contribution in [0.1, 0.15) is 5.56 Å². The van der Waals surface area contributed by atoms with Gasteiger partial charge in [0, 0.05) is 5.56 Å². The summed E-state index contributed by atoms with van der Waals surface area (Å²) in [6.45, 7) is 1.91. The fourth-order valence-corrected chi connectivity index (χ4v) is 0.988. The Morgan fingerprint density at radius 3 is 3.00 bits per heavy atom. The van der Waals surface area contributed by atoms with Gasteiger partial charge in [0.05, 0.1) is 6.26 Å². The summed E-state index contributed by atoms with van der Waals surface area (Å²) in [4.78, 5) is 7.81. The van der Waals surface area contributed by atoms with Crippen molar-refractivity contribution in [2.45, 2.75) is 6.92 Å². The van der Waals surface area contributed by atoms with Crippen LogP contribution in [0.5, 0.6) is 0 Å². The van der Waals surface area contributed by atoms with E-state index in [1.54, 1.807) is 6.26 Å². The van der Waals surface area contributed by atoms with Crippen molar-refractivity contribution in [2.75, 3.05) is 5.73 Å². The number of anilines is 1. The first-order valence-electron chi connectivity index (χ1n) is 3.23. The fraction of sp³-hybridized carbons (Fsp3) is 0.143. The van der Waals surface area contributed by atoms with Gasteiger partial charge in [-0.05, 0) is 6.92 Å². The quantitative estimate of drug-likeness (QED) is 0.609. The minimum Gasteiger partial charge on any atom is -0.458 e. The van der Waals surface area contributed by atoms with Gasteiger partial charge in [0.2, 0.25) is 0 Å². The van der Waals surface area contributed by atoms with Gasteiger partial charge in [0.25, 0.3) is 0 Å². The van der Waals surface area contributed by atoms with Crippen molar-refractivity contribution in [2.24, 2.45) is 0 Å². The normalized spacial score (nSPS) is 10.6. The molecule has 4 nitrogen and oxygen atoms in total. The summed E-state index contributed by atoms with van der Waals surface area (Å²) in [6, 6.07) is 0. The van der Waals surface area contributed by atoms with E-state index in [-0.39, 0.29) is 0 Å². The molecule has 0 aliphatic rings. The third-order valence-electron chi connectivity index (χ3n) is 1.56. The van der Waals surface area contributed by atoms with E-state index < -0.39 is 0 Å². The lowest BCUT2D eigenvalue weighted by Crippen LogP contribution is -1.90. The summed E-state index contributed by atoms with van der Waals surface area (Å²) >= 11 is 0. The summed E-state index contributed by atoms with van der Waals surface area (Å²) < 4.78 is 5.13. The van der Waals surface area contributed by atoms with Crippen LogP contribution in [0.25, 0.3) is 11.1 Å². The van der Waals surface area contributed by atoms with Crippen LogP contribution in [0.15, 0.2) is 17.0 Å². The van der Waals surface area contributed by atoms with Gasteiger partial charge in [0.1, 0.15) is 11.8 Å². The number of hydrogen-bond acceptors (Lipinski definition) is 4. The monoisotopic (exact) mass is 149 g/mol. The molecule has 0 fully saturated rings. The summed E-state index contributed by atoms with van der Waals surface area (Å²) in [6.07, 6.45) is 3.05. The summed E-state index contributed by atoms with van der Waals surface area (Å²) in [5.41, 5.74) is 7.87. The largest absolute Gasteiger partial charge is 0.458 e. The Morgan fingerprint density at radius 2 is 2.27 bits per heavy atom. The zero-order chi connectivity index (χ0) is 7.84.